The van der Waals surface area contributed by atoms with Gasteiger partial charge in [-0.15, -0.1) is 0 Å². The number of alkyl halides is 1. The summed E-state index contributed by atoms with van der Waals surface area (Å²) in [6.45, 7) is 0.670. The van der Waals surface area contributed by atoms with Gasteiger partial charge in [0.2, 0.25) is 0 Å². The number of rotatable bonds is 5. The van der Waals surface area contributed by atoms with Gasteiger partial charge in [-0.2, -0.15) is 5.10 Å². The predicted octanol–water partition coefficient (Wildman–Crippen LogP) is 1.41. The van der Waals surface area contributed by atoms with E-state index in [0.29, 0.717) is 0 Å². The molecular weight excluding hydrogens is 261 g/mol. The van der Waals surface area contributed by atoms with E-state index in [1.165, 1.54) is 0 Å². The molecule has 1 unspecified atom stereocenters. The number of aliphatic hydroxyl groups excluding tert-OH is 1. The number of hydrogen-bond acceptors (Lipinski definition) is 3. The van der Waals surface area contributed by atoms with Crippen LogP contribution in [0, 0.1) is 0 Å². The number of para-hydroxylation sites is 1. The van der Waals surface area contributed by atoms with Gasteiger partial charge in [0.15, 0.2) is 5.69 Å². The lowest BCUT2D eigenvalue weighted by Gasteiger charge is -2.27. The first-order valence-electron chi connectivity index (χ1n) is 6.42. The average molecular weight is 279 g/mol. The fourth-order valence-corrected chi connectivity index (χ4v) is 2.10. The summed E-state index contributed by atoms with van der Waals surface area (Å²) in [6, 6.07) is 7.37. The lowest BCUT2D eigenvalue weighted by atomic mass is 9.99. The summed E-state index contributed by atoms with van der Waals surface area (Å²) in [5.41, 5.74) is 0.139. The van der Waals surface area contributed by atoms with Crippen LogP contribution in [0.15, 0.2) is 24.3 Å². The van der Waals surface area contributed by atoms with Gasteiger partial charge in [-0.1, -0.05) is 18.2 Å². The van der Waals surface area contributed by atoms with Gasteiger partial charge in [0, 0.05) is 18.9 Å². The van der Waals surface area contributed by atoms with Gasteiger partial charge in [0.05, 0.1) is 24.3 Å². The van der Waals surface area contributed by atoms with Crippen LogP contribution in [0.25, 0.3) is 10.9 Å². The molecule has 2 N–H and O–H groups in total. The molecule has 1 aromatic heterocycles. The Morgan fingerprint density at radius 1 is 1.50 bits per heavy atom. The van der Waals surface area contributed by atoms with Crippen molar-refractivity contribution >= 4 is 16.8 Å². The number of carbonyl (C=O) groups excluding carboxylic acids is 1. The predicted molar refractivity (Wildman–Crippen MR) is 74.3 cm³/mol. The molecule has 0 radical (unpaired) electrons. The molecule has 1 aromatic carbocycles. The molecule has 1 heterocycles. The minimum atomic E-state index is -0.982. The number of benzene rings is 1. The molecule has 0 spiro atoms. The number of nitrogens with one attached hydrogen (secondary N) is 1. The molecular formula is C14H18FN3O2. The Labute approximate surface area is 116 Å². The largest absolute Gasteiger partial charge is 0.394 e. The third-order valence-corrected chi connectivity index (χ3v) is 3.38. The van der Waals surface area contributed by atoms with Crippen molar-refractivity contribution in [3.63, 3.8) is 0 Å². The highest BCUT2D eigenvalue weighted by atomic mass is 19.1. The van der Waals surface area contributed by atoms with Crippen molar-refractivity contribution < 1.29 is 14.3 Å². The molecule has 0 aliphatic carbocycles. The topological polar surface area (TPSA) is 67.2 Å². The van der Waals surface area contributed by atoms with Crippen LogP contribution in [0.1, 0.15) is 23.8 Å². The fourth-order valence-electron chi connectivity index (χ4n) is 2.10. The molecule has 0 saturated heterocycles. The van der Waals surface area contributed by atoms with Crippen molar-refractivity contribution in [1.82, 2.24) is 15.1 Å². The molecule has 1 atom stereocenters. The van der Waals surface area contributed by atoms with Crippen molar-refractivity contribution in [1.29, 1.82) is 0 Å². The lowest BCUT2D eigenvalue weighted by Crippen LogP contribution is -2.49. The lowest BCUT2D eigenvalue weighted by molar-refractivity contribution is 0.0828. The van der Waals surface area contributed by atoms with E-state index in [-0.39, 0.29) is 18.7 Å². The maximum atomic E-state index is 12.5. The maximum Gasteiger partial charge on any atom is 0.272 e. The molecule has 0 bridgehead atoms. The van der Waals surface area contributed by atoms with Crippen molar-refractivity contribution in [2.24, 2.45) is 7.05 Å². The average Bonchev–Trinajstić information content (AvgIpc) is 2.77. The molecule has 1 amide bonds. The molecule has 0 saturated carbocycles. The molecule has 2 aromatic rings. The Kier molecular flexibility index (Phi) is 4.04. The molecule has 108 valence electrons. The van der Waals surface area contributed by atoms with E-state index < -0.39 is 18.1 Å². The number of fused-ring (bicyclic) bond motifs is 1. The van der Waals surface area contributed by atoms with E-state index in [0.717, 1.165) is 10.9 Å². The van der Waals surface area contributed by atoms with E-state index >= 15 is 0 Å². The third-order valence-electron chi connectivity index (χ3n) is 3.38. The first-order valence-corrected chi connectivity index (χ1v) is 6.42. The van der Waals surface area contributed by atoms with Crippen LogP contribution < -0.4 is 5.32 Å². The van der Waals surface area contributed by atoms with Gasteiger partial charge in [-0.3, -0.25) is 13.9 Å². The summed E-state index contributed by atoms with van der Waals surface area (Å²) in [4.78, 5) is 12.3. The first kappa shape index (κ1) is 14.5. The summed E-state index contributed by atoms with van der Waals surface area (Å²) in [6.07, 6.45) is 0.0556. The number of amides is 1. The van der Waals surface area contributed by atoms with Crippen molar-refractivity contribution in [2.45, 2.75) is 18.9 Å². The summed E-state index contributed by atoms with van der Waals surface area (Å²) in [7, 11) is 1.76. The Bertz CT molecular complexity index is 626. The standard InChI is InChI=1S/C14H18FN3O2/c1-14(9-19,7-8-15)16-13(20)12-10-5-3-4-6-11(10)18(2)17-12/h3-6,19H,7-9H2,1-2H3,(H,16,20). The van der Waals surface area contributed by atoms with Crippen molar-refractivity contribution in [3.8, 4) is 0 Å². The van der Waals surface area contributed by atoms with Crippen molar-refractivity contribution in [3.05, 3.63) is 30.0 Å². The van der Waals surface area contributed by atoms with Crippen LogP contribution >= 0.6 is 0 Å². The second kappa shape index (κ2) is 5.58. The number of carbonyl (C=O) groups is 1. The van der Waals surface area contributed by atoms with E-state index in [9.17, 15) is 14.3 Å². The van der Waals surface area contributed by atoms with Gasteiger partial charge in [-0.25, -0.2) is 0 Å². The molecule has 0 fully saturated rings. The number of halogens is 1. The minimum absolute atomic E-state index is 0.0556. The second-order valence-corrected chi connectivity index (χ2v) is 5.10. The molecule has 0 aliphatic rings. The highest BCUT2D eigenvalue weighted by Gasteiger charge is 2.27. The SMILES string of the molecule is Cn1nc(C(=O)NC(C)(CO)CCF)c2ccccc21. The summed E-state index contributed by atoms with van der Waals surface area (Å²) >= 11 is 0. The minimum Gasteiger partial charge on any atom is -0.394 e. The third kappa shape index (κ3) is 2.65. The van der Waals surface area contributed by atoms with Crippen LogP contribution in [0.3, 0.4) is 0 Å². The Morgan fingerprint density at radius 3 is 2.85 bits per heavy atom. The number of aryl methyl sites for hydroxylation is 1. The molecule has 5 nitrogen and oxygen atoms in total. The number of aliphatic hydroxyl groups is 1. The quantitative estimate of drug-likeness (QED) is 0.869. The van der Waals surface area contributed by atoms with E-state index in [1.807, 2.05) is 24.3 Å². The Hall–Kier alpha value is -1.95. The smallest absolute Gasteiger partial charge is 0.272 e. The normalized spacial score (nSPS) is 14.2. The Balaban J connectivity index is 2.32. The second-order valence-electron chi connectivity index (χ2n) is 5.10. The summed E-state index contributed by atoms with van der Waals surface area (Å²) in [5.74, 6) is -0.410. The number of hydrogen-bond donors (Lipinski definition) is 2. The van der Waals surface area contributed by atoms with Crippen LogP contribution in [0.4, 0.5) is 4.39 Å². The number of aromatic nitrogens is 2. The van der Waals surface area contributed by atoms with Gasteiger partial charge < -0.3 is 10.4 Å². The van der Waals surface area contributed by atoms with Crippen molar-refractivity contribution in [2.75, 3.05) is 13.3 Å². The van der Waals surface area contributed by atoms with Gasteiger partial charge in [0.25, 0.3) is 5.91 Å². The first-order chi connectivity index (χ1) is 9.50. The zero-order valence-electron chi connectivity index (χ0n) is 11.6. The van der Waals surface area contributed by atoms with E-state index in [2.05, 4.69) is 10.4 Å². The molecule has 0 aliphatic heterocycles. The zero-order valence-corrected chi connectivity index (χ0v) is 11.6. The van der Waals surface area contributed by atoms with E-state index in [1.54, 1.807) is 18.7 Å². The molecule has 20 heavy (non-hydrogen) atoms. The van der Waals surface area contributed by atoms with Crippen LogP contribution in [-0.4, -0.2) is 39.6 Å². The highest BCUT2D eigenvalue weighted by molar-refractivity contribution is 6.05. The number of nitrogens with zero attached hydrogens (tertiary/aromatic N) is 2. The van der Waals surface area contributed by atoms with Gasteiger partial charge >= 0.3 is 0 Å². The van der Waals surface area contributed by atoms with Crippen LogP contribution in [-0.2, 0) is 7.05 Å². The van der Waals surface area contributed by atoms with Crippen LogP contribution in [0.2, 0.25) is 0 Å². The molecule has 2 rings (SSSR count). The zero-order chi connectivity index (χ0) is 14.8. The summed E-state index contributed by atoms with van der Waals surface area (Å²) < 4.78 is 14.1. The molecule has 6 heteroatoms. The monoisotopic (exact) mass is 279 g/mol. The highest BCUT2D eigenvalue weighted by Crippen LogP contribution is 2.18. The van der Waals surface area contributed by atoms with Crippen LogP contribution in [0.5, 0.6) is 0 Å². The van der Waals surface area contributed by atoms with Gasteiger partial charge in [0.1, 0.15) is 0 Å². The Morgan fingerprint density at radius 2 is 2.20 bits per heavy atom. The fraction of sp³-hybridized carbons (Fsp3) is 0.429. The van der Waals surface area contributed by atoms with Gasteiger partial charge in [-0.05, 0) is 13.0 Å². The summed E-state index contributed by atoms with van der Waals surface area (Å²) in [5, 5.41) is 16.9. The van der Waals surface area contributed by atoms with E-state index in [4.69, 9.17) is 0 Å². The maximum absolute atomic E-state index is 12.5.